The molecule has 0 fully saturated rings. The first-order valence-electron chi connectivity index (χ1n) is 3.24. The SMILES string of the molecule is O=[N+]([O-])c1ccc(S(=O)(=O)O)c(Br)c1. The third-order valence-corrected chi connectivity index (χ3v) is 3.23. The molecule has 0 aliphatic rings. The number of hydrogen-bond acceptors (Lipinski definition) is 4. The summed E-state index contributed by atoms with van der Waals surface area (Å²) in [7, 11) is -4.35. The predicted molar refractivity (Wildman–Crippen MR) is 50.6 cm³/mol. The van der Waals surface area contributed by atoms with Crippen LogP contribution in [0.5, 0.6) is 0 Å². The number of nitro groups is 1. The molecular weight excluding hydrogens is 278 g/mol. The van der Waals surface area contributed by atoms with Crippen LogP contribution in [0.1, 0.15) is 0 Å². The van der Waals surface area contributed by atoms with Crippen LogP contribution in [0.15, 0.2) is 27.6 Å². The molecule has 0 saturated carbocycles. The third kappa shape index (κ3) is 2.28. The van der Waals surface area contributed by atoms with Crippen LogP contribution in [-0.4, -0.2) is 17.9 Å². The molecule has 0 aromatic heterocycles. The summed E-state index contributed by atoms with van der Waals surface area (Å²) >= 11 is 2.81. The van der Waals surface area contributed by atoms with Crippen molar-refractivity contribution in [3.8, 4) is 0 Å². The van der Waals surface area contributed by atoms with Crippen LogP contribution in [0.2, 0.25) is 0 Å². The summed E-state index contributed by atoms with van der Waals surface area (Å²) in [6.07, 6.45) is 0. The van der Waals surface area contributed by atoms with Gasteiger partial charge in [-0.2, -0.15) is 8.42 Å². The fourth-order valence-corrected chi connectivity index (χ4v) is 2.34. The first kappa shape index (κ1) is 11.1. The van der Waals surface area contributed by atoms with Gasteiger partial charge in [-0.1, -0.05) is 0 Å². The quantitative estimate of drug-likeness (QED) is 0.504. The van der Waals surface area contributed by atoms with Gasteiger partial charge < -0.3 is 0 Å². The van der Waals surface area contributed by atoms with E-state index in [4.69, 9.17) is 4.55 Å². The van der Waals surface area contributed by atoms with Gasteiger partial charge in [0.05, 0.1) is 4.92 Å². The highest BCUT2D eigenvalue weighted by Crippen LogP contribution is 2.26. The average molecular weight is 282 g/mol. The van der Waals surface area contributed by atoms with Gasteiger partial charge in [0, 0.05) is 16.6 Å². The molecule has 14 heavy (non-hydrogen) atoms. The zero-order valence-corrected chi connectivity index (χ0v) is 8.95. The highest BCUT2D eigenvalue weighted by molar-refractivity contribution is 9.10. The number of halogens is 1. The van der Waals surface area contributed by atoms with Gasteiger partial charge >= 0.3 is 0 Å². The van der Waals surface area contributed by atoms with E-state index >= 15 is 0 Å². The Morgan fingerprint density at radius 1 is 1.43 bits per heavy atom. The molecule has 8 heteroatoms. The van der Waals surface area contributed by atoms with Crippen LogP contribution in [0.4, 0.5) is 5.69 Å². The molecular formula is C6H4BrNO5S. The first-order chi connectivity index (χ1) is 6.32. The van der Waals surface area contributed by atoms with Crippen molar-refractivity contribution in [3.05, 3.63) is 32.8 Å². The van der Waals surface area contributed by atoms with Crippen molar-refractivity contribution in [1.82, 2.24) is 0 Å². The van der Waals surface area contributed by atoms with E-state index in [1.54, 1.807) is 0 Å². The highest BCUT2D eigenvalue weighted by atomic mass is 79.9. The lowest BCUT2D eigenvalue weighted by atomic mass is 10.3. The van der Waals surface area contributed by atoms with Gasteiger partial charge in [-0.3, -0.25) is 14.7 Å². The Morgan fingerprint density at radius 2 is 2.00 bits per heavy atom. The van der Waals surface area contributed by atoms with Crippen molar-refractivity contribution in [2.45, 2.75) is 4.90 Å². The number of non-ortho nitro benzene ring substituents is 1. The van der Waals surface area contributed by atoms with Crippen LogP contribution in [0.25, 0.3) is 0 Å². The van der Waals surface area contributed by atoms with Gasteiger partial charge in [-0.05, 0) is 22.0 Å². The molecule has 0 aliphatic heterocycles. The molecule has 0 unspecified atom stereocenters. The summed E-state index contributed by atoms with van der Waals surface area (Å²) in [5, 5.41) is 10.3. The van der Waals surface area contributed by atoms with Gasteiger partial charge in [0.1, 0.15) is 4.90 Å². The molecule has 0 atom stereocenters. The fraction of sp³-hybridized carbons (Fsp3) is 0. The normalized spacial score (nSPS) is 11.3. The summed E-state index contributed by atoms with van der Waals surface area (Å²) < 4.78 is 30.0. The number of benzene rings is 1. The lowest BCUT2D eigenvalue weighted by Gasteiger charge is -1.99. The second-order valence-corrected chi connectivity index (χ2v) is 4.59. The summed E-state index contributed by atoms with van der Waals surface area (Å²) in [6.45, 7) is 0. The molecule has 0 amide bonds. The number of hydrogen-bond donors (Lipinski definition) is 1. The summed E-state index contributed by atoms with van der Waals surface area (Å²) in [5.74, 6) is 0. The zero-order valence-electron chi connectivity index (χ0n) is 6.55. The van der Waals surface area contributed by atoms with Crippen LogP contribution in [0, 0.1) is 10.1 Å². The molecule has 1 aromatic rings. The van der Waals surface area contributed by atoms with E-state index in [1.165, 1.54) is 0 Å². The molecule has 0 aliphatic carbocycles. The summed E-state index contributed by atoms with van der Waals surface area (Å²) in [5.41, 5.74) is -0.260. The molecule has 0 saturated heterocycles. The van der Waals surface area contributed by atoms with Crippen molar-refractivity contribution < 1.29 is 17.9 Å². The van der Waals surface area contributed by atoms with Crippen LogP contribution in [-0.2, 0) is 10.1 Å². The van der Waals surface area contributed by atoms with E-state index in [0.717, 1.165) is 18.2 Å². The van der Waals surface area contributed by atoms with E-state index in [9.17, 15) is 18.5 Å². The van der Waals surface area contributed by atoms with Gasteiger partial charge in [0.25, 0.3) is 15.8 Å². The highest BCUT2D eigenvalue weighted by Gasteiger charge is 2.17. The Hall–Kier alpha value is -0.990. The van der Waals surface area contributed by atoms with Crippen molar-refractivity contribution in [3.63, 3.8) is 0 Å². The number of nitro benzene ring substituents is 1. The number of rotatable bonds is 2. The standard InChI is InChI=1S/C6H4BrNO5S/c7-5-3-4(8(9)10)1-2-6(5)14(11,12)13/h1-3H,(H,11,12,13). The van der Waals surface area contributed by atoms with Crippen LogP contribution < -0.4 is 0 Å². The van der Waals surface area contributed by atoms with Gasteiger partial charge in [-0.25, -0.2) is 0 Å². The minimum atomic E-state index is -4.35. The Kier molecular flexibility index (Phi) is 2.88. The third-order valence-electron chi connectivity index (χ3n) is 1.40. The molecule has 1 rings (SSSR count). The first-order valence-corrected chi connectivity index (χ1v) is 5.47. The Labute approximate surface area is 87.6 Å². The Balaban J connectivity index is 3.35. The molecule has 0 radical (unpaired) electrons. The molecule has 0 heterocycles. The van der Waals surface area contributed by atoms with E-state index < -0.39 is 19.9 Å². The van der Waals surface area contributed by atoms with Gasteiger partial charge in [0.2, 0.25) is 0 Å². The fourth-order valence-electron chi connectivity index (χ4n) is 0.813. The molecule has 1 N–H and O–H groups in total. The van der Waals surface area contributed by atoms with Crippen molar-refractivity contribution in [1.29, 1.82) is 0 Å². The van der Waals surface area contributed by atoms with E-state index in [2.05, 4.69) is 15.9 Å². The predicted octanol–water partition coefficient (Wildman–Crippen LogP) is 1.60. The van der Waals surface area contributed by atoms with Crippen LogP contribution >= 0.6 is 15.9 Å². The van der Waals surface area contributed by atoms with Crippen molar-refractivity contribution in [2.75, 3.05) is 0 Å². The van der Waals surface area contributed by atoms with Crippen molar-refractivity contribution >= 4 is 31.7 Å². The van der Waals surface area contributed by atoms with Gasteiger partial charge in [-0.15, -0.1) is 0 Å². The minimum Gasteiger partial charge on any atom is -0.282 e. The molecule has 6 nitrogen and oxygen atoms in total. The lowest BCUT2D eigenvalue weighted by Crippen LogP contribution is -1.99. The zero-order chi connectivity index (χ0) is 10.9. The second kappa shape index (κ2) is 3.64. The maximum atomic E-state index is 10.7. The topological polar surface area (TPSA) is 97.5 Å². The monoisotopic (exact) mass is 281 g/mol. The molecule has 76 valence electrons. The largest absolute Gasteiger partial charge is 0.295 e. The molecule has 0 spiro atoms. The molecule has 0 bridgehead atoms. The number of nitrogens with zero attached hydrogens (tertiary/aromatic N) is 1. The second-order valence-electron chi connectivity index (χ2n) is 2.35. The summed E-state index contributed by atoms with van der Waals surface area (Å²) in [4.78, 5) is 9.22. The maximum Gasteiger partial charge on any atom is 0.295 e. The van der Waals surface area contributed by atoms with Gasteiger partial charge in [0.15, 0.2) is 0 Å². The van der Waals surface area contributed by atoms with Crippen LogP contribution in [0.3, 0.4) is 0 Å². The average Bonchev–Trinajstić information content (AvgIpc) is 2.01. The minimum absolute atomic E-state index is 0.0470. The molecule has 1 aromatic carbocycles. The van der Waals surface area contributed by atoms with E-state index in [1.807, 2.05) is 0 Å². The Morgan fingerprint density at radius 3 is 2.36 bits per heavy atom. The maximum absolute atomic E-state index is 10.7. The summed E-state index contributed by atoms with van der Waals surface area (Å²) in [6, 6.07) is 2.95. The van der Waals surface area contributed by atoms with E-state index in [0.29, 0.717) is 0 Å². The Bertz CT molecular complexity index is 483. The van der Waals surface area contributed by atoms with Crippen molar-refractivity contribution in [2.24, 2.45) is 0 Å². The lowest BCUT2D eigenvalue weighted by molar-refractivity contribution is -0.385. The smallest absolute Gasteiger partial charge is 0.282 e. The van der Waals surface area contributed by atoms with E-state index in [-0.39, 0.29) is 10.2 Å².